The second-order valence-corrected chi connectivity index (χ2v) is 17.2. The van der Waals surface area contributed by atoms with Crippen LogP contribution in [0.5, 0.6) is 0 Å². The van der Waals surface area contributed by atoms with E-state index in [0.29, 0.717) is 51.2 Å². The summed E-state index contributed by atoms with van der Waals surface area (Å²) in [7, 11) is 1.70. The molecule has 0 bridgehead atoms. The number of carbonyl (C=O) groups is 5. The van der Waals surface area contributed by atoms with Gasteiger partial charge in [0.05, 0.1) is 17.5 Å². The number of piperazine rings is 1. The van der Waals surface area contributed by atoms with Gasteiger partial charge in [0.25, 0.3) is 0 Å². The van der Waals surface area contributed by atoms with Gasteiger partial charge in [-0.2, -0.15) is 0 Å². The van der Waals surface area contributed by atoms with E-state index in [4.69, 9.17) is 0 Å². The average Bonchev–Trinajstić information content (AvgIpc) is 3.78. The Morgan fingerprint density at radius 2 is 1.52 bits per heavy atom. The Morgan fingerprint density at radius 3 is 2.19 bits per heavy atom. The van der Waals surface area contributed by atoms with Crippen LogP contribution in [0.3, 0.4) is 0 Å². The Morgan fingerprint density at radius 1 is 0.885 bits per heavy atom. The van der Waals surface area contributed by atoms with Crippen molar-refractivity contribution >= 4 is 41.3 Å². The number of hydrogen-bond acceptors (Lipinski definition) is 7. The molecule has 0 saturated carbocycles. The van der Waals surface area contributed by atoms with Crippen LogP contribution < -0.4 is 16.0 Å². The van der Waals surface area contributed by atoms with Crippen LogP contribution in [-0.2, 0) is 43.2 Å². The summed E-state index contributed by atoms with van der Waals surface area (Å²) in [4.78, 5) is 74.2. The molecule has 3 saturated heterocycles. The molecule has 12 heteroatoms. The highest BCUT2D eigenvalue weighted by Gasteiger charge is 2.55. The van der Waals surface area contributed by atoms with Crippen LogP contribution in [-0.4, -0.2) is 107 Å². The number of nitrogens with one attached hydrogen (secondary N) is 3. The second kappa shape index (κ2) is 14.9. The highest BCUT2D eigenvalue weighted by atomic mass is 32.2. The summed E-state index contributed by atoms with van der Waals surface area (Å²) < 4.78 is 0. The Bertz CT molecular complexity index is 1700. The van der Waals surface area contributed by atoms with Gasteiger partial charge in [0.15, 0.2) is 0 Å². The van der Waals surface area contributed by atoms with Crippen molar-refractivity contribution < 1.29 is 24.0 Å². The van der Waals surface area contributed by atoms with Gasteiger partial charge >= 0.3 is 0 Å². The summed E-state index contributed by atoms with van der Waals surface area (Å²) in [5.74, 6) is 0.0541. The summed E-state index contributed by atoms with van der Waals surface area (Å²) in [6, 6.07) is 14.1. The zero-order valence-corrected chi connectivity index (χ0v) is 31.5. The third-order valence-electron chi connectivity index (χ3n) is 12.1. The van der Waals surface area contributed by atoms with Crippen molar-refractivity contribution in [2.45, 2.75) is 88.8 Å². The number of nitrogens with zero attached hydrogens (tertiary/aromatic N) is 3. The van der Waals surface area contributed by atoms with E-state index in [1.165, 1.54) is 11.1 Å². The number of rotatable bonds is 8. The second-order valence-electron chi connectivity index (χ2n) is 16.0. The van der Waals surface area contributed by atoms with E-state index in [0.717, 1.165) is 24.0 Å². The molecule has 2 aliphatic carbocycles. The highest BCUT2D eigenvalue weighted by molar-refractivity contribution is 7.99. The maximum Gasteiger partial charge on any atom is 0.246 e. The molecule has 5 amide bonds. The minimum absolute atomic E-state index is 0.0314. The van der Waals surface area contributed by atoms with Crippen molar-refractivity contribution in [2.24, 2.45) is 17.3 Å². The van der Waals surface area contributed by atoms with Gasteiger partial charge in [-0.3, -0.25) is 24.0 Å². The van der Waals surface area contributed by atoms with E-state index < -0.39 is 23.5 Å². The van der Waals surface area contributed by atoms with Crippen LogP contribution in [0.1, 0.15) is 68.3 Å². The first-order valence-electron chi connectivity index (χ1n) is 18.9. The van der Waals surface area contributed by atoms with Gasteiger partial charge in [-0.25, -0.2) is 0 Å². The molecule has 3 N–H and O–H groups in total. The molecule has 5 aliphatic rings. The van der Waals surface area contributed by atoms with Crippen LogP contribution in [0.15, 0.2) is 48.5 Å². The largest absolute Gasteiger partial charge is 0.347 e. The van der Waals surface area contributed by atoms with Crippen molar-refractivity contribution in [2.75, 3.05) is 39.0 Å². The monoisotopic (exact) mass is 728 g/mol. The summed E-state index contributed by atoms with van der Waals surface area (Å²) >= 11 is 1.67. The van der Waals surface area contributed by atoms with Crippen molar-refractivity contribution in [1.82, 2.24) is 30.7 Å². The van der Waals surface area contributed by atoms with Gasteiger partial charge in [0.2, 0.25) is 29.5 Å². The van der Waals surface area contributed by atoms with Gasteiger partial charge < -0.3 is 30.7 Å². The number of amides is 5. The number of benzene rings is 2. The van der Waals surface area contributed by atoms with E-state index in [2.05, 4.69) is 34.1 Å². The lowest BCUT2D eigenvalue weighted by molar-refractivity contribution is -0.144. The maximum absolute atomic E-state index is 14.5. The fourth-order valence-corrected chi connectivity index (χ4v) is 10.7. The van der Waals surface area contributed by atoms with Crippen molar-refractivity contribution in [3.05, 3.63) is 70.8 Å². The molecular formula is C40H52N6O5S. The summed E-state index contributed by atoms with van der Waals surface area (Å²) in [5.41, 5.74) is 4.15. The topological polar surface area (TPSA) is 131 Å². The Labute approximate surface area is 311 Å². The van der Waals surface area contributed by atoms with E-state index in [1.54, 1.807) is 30.6 Å². The molecule has 2 aromatic rings. The number of fused-ring (bicyclic) bond motifs is 3. The molecule has 3 fully saturated rings. The molecule has 3 heterocycles. The molecule has 11 nitrogen and oxygen atoms in total. The fourth-order valence-electron chi connectivity index (χ4n) is 9.10. The number of carbonyl (C=O) groups excluding carboxylic acids is 5. The van der Waals surface area contributed by atoms with Crippen LogP contribution in [0.25, 0.3) is 0 Å². The molecule has 7 rings (SSSR count). The predicted molar refractivity (Wildman–Crippen MR) is 200 cm³/mol. The van der Waals surface area contributed by atoms with E-state index in [1.807, 2.05) is 54.0 Å². The zero-order chi connectivity index (χ0) is 36.7. The molecule has 0 spiro atoms. The van der Waals surface area contributed by atoms with Gasteiger partial charge in [-0.1, -0.05) is 62.4 Å². The molecule has 3 aliphatic heterocycles. The SMILES string of the molecule is CN[C@@H](C)C(=O)N[C@H]1CCS[C@H]2CC(C)(C)[C@@H](C(=O)N[C@H]3c4ccccc4C[C@H]3CC(=O)N3CCN(C(=O)C4Cc5ccccc5C4)CC3)N2C1=O. The van der Waals surface area contributed by atoms with Crippen molar-refractivity contribution in [1.29, 1.82) is 0 Å². The van der Waals surface area contributed by atoms with E-state index in [9.17, 15) is 24.0 Å². The van der Waals surface area contributed by atoms with Gasteiger partial charge in [0, 0.05) is 38.5 Å². The van der Waals surface area contributed by atoms with E-state index in [-0.39, 0.29) is 59.2 Å². The third-order valence-corrected chi connectivity index (χ3v) is 13.4. The van der Waals surface area contributed by atoms with Gasteiger partial charge in [-0.15, -0.1) is 11.8 Å². The number of thioether (sulfide) groups is 1. The summed E-state index contributed by atoms with van der Waals surface area (Å²) in [6.07, 6.45) is 3.67. The Kier molecular flexibility index (Phi) is 10.4. The molecule has 2 aromatic carbocycles. The highest BCUT2D eigenvalue weighted by Crippen LogP contribution is 2.47. The fraction of sp³-hybridized carbons (Fsp3) is 0.575. The van der Waals surface area contributed by atoms with Gasteiger partial charge in [-0.05, 0) is 85.4 Å². The lowest BCUT2D eigenvalue weighted by Crippen LogP contribution is -2.58. The molecule has 0 radical (unpaired) electrons. The smallest absolute Gasteiger partial charge is 0.246 e. The third kappa shape index (κ3) is 7.08. The normalized spacial score (nSPS) is 27.3. The summed E-state index contributed by atoms with van der Waals surface area (Å²) in [5, 5.41) is 9.04. The molecule has 278 valence electrons. The van der Waals surface area contributed by atoms with Crippen LogP contribution in [0.4, 0.5) is 0 Å². The number of likely N-dealkylation sites (N-methyl/N-ethyl adjacent to an activating group) is 1. The maximum atomic E-state index is 14.5. The first kappa shape index (κ1) is 36.5. The quantitative estimate of drug-likeness (QED) is 0.381. The zero-order valence-electron chi connectivity index (χ0n) is 30.7. The minimum atomic E-state index is -0.723. The van der Waals surface area contributed by atoms with Gasteiger partial charge in [0.1, 0.15) is 12.1 Å². The lowest BCUT2D eigenvalue weighted by atomic mass is 9.83. The van der Waals surface area contributed by atoms with Crippen LogP contribution in [0, 0.1) is 17.3 Å². The first-order valence-corrected chi connectivity index (χ1v) is 19.9. The van der Waals surface area contributed by atoms with Crippen LogP contribution >= 0.6 is 11.8 Å². The molecule has 52 heavy (non-hydrogen) atoms. The van der Waals surface area contributed by atoms with E-state index >= 15 is 0 Å². The summed E-state index contributed by atoms with van der Waals surface area (Å²) in [6.45, 7) is 7.87. The predicted octanol–water partition coefficient (Wildman–Crippen LogP) is 2.67. The van der Waals surface area contributed by atoms with Crippen molar-refractivity contribution in [3.63, 3.8) is 0 Å². The minimum Gasteiger partial charge on any atom is -0.347 e. The first-order chi connectivity index (χ1) is 24.9. The van der Waals surface area contributed by atoms with Crippen molar-refractivity contribution in [3.8, 4) is 0 Å². The Balaban J connectivity index is 1.01. The number of hydrogen-bond donors (Lipinski definition) is 3. The molecular weight excluding hydrogens is 677 g/mol. The lowest BCUT2D eigenvalue weighted by Gasteiger charge is -2.37. The Hall–Kier alpha value is -3.90. The average molecular weight is 729 g/mol. The molecule has 6 atom stereocenters. The molecule has 0 aromatic heterocycles. The van der Waals surface area contributed by atoms with Crippen LogP contribution in [0.2, 0.25) is 0 Å². The standard InChI is InChI=1S/C40H52N6O5S/c1-24(41-4)36(48)42-31-13-18-52-33-23-40(2,3)35(46(33)39(31)51)37(49)43-34-28(21-27-11-7-8-12-30(27)34)22-32(47)44-14-16-45(17-15-44)38(50)29-19-25-9-5-6-10-26(25)20-29/h5-12,24,28-29,31,33-35,41H,13-23H2,1-4H3,(H,42,48)(H,43,49)/t24-,28-,31-,33-,34+,35+/m0/s1. The molecule has 0 unspecified atom stereocenters.